The highest BCUT2D eigenvalue weighted by Gasteiger charge is 2.15. The van der Waals surface area contributed by atoms with Crippen LogP contribution in [0.2, 0.25) is 0 Å². The number of nitrogens with one attached hydrogen (secondary N) is 1. The van der Waals surface area contributed by atoms with Crippen LogP contribution in [-0.4, -0.2) is 30.3 Å². The molecule has 1 amide bonds. The summed E-state index contributed by atoms with van der Waals surface area (Å²) >= 11 is 0. The average molecular weight is 189 g/mol. The van der Waals surface area contributed by atoms with Crippen molar-refractivity contribution in [2.24, 2.45) is 5.92 Å². The molecule has 0 aromatic carbocycles. The zero-order valence-corrected chi connectivity index (χ0v) is 7.87. The Morgan fingerprint density at radius 2 is 2.08 bits per heavy atom. The fraction of sp³-hybridized carbons (Fsp3) is 0.750. The number of carbonyl (C=O) groups excluding carboxylic acids is 1. The highest BCUT2D eigenvalue weighted by molar-refractivity contribution is 5.72. The van der Waals surface area contributed by atoms with Crippen LogP contribution in [0.4, 0.5) is 4.79 Å². The summed E-state index contributed by atoms with van der Waals surface area (Å²) in [5.74, 6) is -1.44. The van der Waals surface area contributed by atoms with Crippen LogP contribution >= 0.6 is 0 Å². The van der Waals surface area contributed by atoms with Gasteiger partial charge in [-0.2, -0.15) is 0 Å². The molecule has 0 aromatic heterocycles. The van der Waals surface area contributed by atoms with Crippen molar-refractivity contribution in [1.29, 1.82) is 0 Å². The van der Waals surface area contributed by atoms with E-state index >= 15 is 0 Å². The number of hydrogen-bond acceptors (Lipinski definition) is 3. The third-order valence-electron chi connectivity index (χ3n) is 1.61. The molecule has 1 unspecified atom stereocenters. The number of amides is 1. The molecule has 0 saturated heterocycles. The van der Waals surface area contributed by atoms with Gasteiger partial charge in [-0.1, -0.05) is 6.92 Å². The Hall–Kier alpha value is -1.26. The summed E-state index contributed by atoms with van der Waals surface area (Å²) in [7, 11) is 0. The topological polar surface area (TPSA) is 75.6 Å². The van der Waals surface area contributed by atoms with Gasteiger partial charge in [-0.25, -0.2) is 4.79 Å². The van der Waals surface area contributed by atoms with Gasteiger partial charge in [0.1, 0.15) is 0 Å². The second kappa shape index (κ2) is 6.28. The first-order chi connectivity index (χ1) is 6.11. The molecular formula is C8H15NO4. The zero-order valence-electron chi connectivity index (χ0n) is 7.87. The standard InChI is InChI=1S/C8H15NO4/c1-3-6(7(10)11)5-9-8(12)13-4-2/h6H,3-5H2,1-2H3,(H,9,12)(H,10,11). The Morgan fingerprint density at radius 3 is 2.46 bits per heavy atom. The maximum atomic E-state index is 10.8. The van der Waals surface area contributed by atoms with Crippen LogP contribution < -0.4 is 5.32 Å². The number of hydrogen-bond donors (Lipinski definition) is 2. The Bertz CT molecular complexity index is 181. The number of ether oxygens (including phenoxy) is 1. The van der Waals surface area contributed by atoms with Crippen molar-refractivity contribution in [2.45, 2.75) is 20.3 Å². The molecule has 0 aliphatic heterocycles. The first-order valence-corrected chi connectivity index (χ1v) is 4.25. The Morgan fingerprint density at radius 1 is 1.46 bits per heavy atom. The first-order valence-electron chi connectivity index (χ1n) is 4.25. The van der Waals surface area contributed by atoms with E-state index in [4.69, 9.17) is 5.11 Å². The van der Waals surface area contributed by atoms with Crippen molar-refractivity contribution >= 4 is 12.1 Å². The molecule has 13 heavy (non-hydrogen) atoms. The summed E-state index contributed by atoms with van der Waals surface area (Å²) in [6.07, 6.45) is -0.0796. The first kappa shape index (κ1) is 11.7. The van der Waals surface area contributed by atoms with Gasteiger partial charge in [0.05, 0.1) is 12.5 Å². The van der Waals surface area contributed by atoms with E-state index in [0.717, 1.165) is 0 Å². The van der Waals surface area contributed by atoms with E-state index in [1.165, 1.54) is 0 Å². The normalized spacial score (nSPS) is 11.8. The SMILES string of the molecule is CCOC(=O)NCC(CC)C(=O)O. The van der Waals surface area contributed by atoms with Crippen LogP contribution in [0.25, 0.3) is 0 Å². The Balaban J connectivity index is 3.72. The lowest BCUT2D eigenvalue weighted by atomic mass is 10.1. The maximum absolute atomic E-state index is 10.8. The molecule has 0 radical (unpaired) electrons. The van der Waals surface area contributed by atoms with Gasteiger partial charge in [0.15, 0.2) is 0 Å². The third-order valence-corrected chi connectivity index (χ3v) is 1.61. The predicted octanol–water partition coefficient (Wildman–Crippen LogP) is 0.843. The lowest BCUT2D eigenvalue weighted by Crippen LogP contribution is -2.32. The summed E-state index contributed by atoms with van der Waals surface area (Å²) in [6, 6.07) is 0. The molecule has 5 heteroatoms. The lowest BCUT2D eigenvalue weighted by molar-refractivity contribution is -0.141. The quantitative estimate of drug-likeness (QED) is 0.672. The van der Waals surface area contributed by atoms with Crippen molar-refractivity contribution < 1.29 is 19.4 Å². The molecule has 0 rings (SSSR count). The zero-order chi connectivity index (χ0) is 10.3. The van der Waals surface area contributed by atoms with Crippen LogP contribution in [0.5, 0.6) is 0 Å². The molecule has 0 spiro atoms. The highest BCUT2D eigenvalue weighted by atomic mass is 16.5. The number of carboxylic acids is 1. The molecule has 0 heterocycles. The number of alkyl carbamates (subject to hydrolysis) is 1. The second-order valence-electron chi connectivity index (χ2n) is 2.54. The van der Waals surface area contributed by atoms with E-state index in [1.54, 1.807) is 13.8 Å². The minimum Gasteiger partial charge on any atom is -0.481 e. The van der Waals surface area contributed by atoms with E-state index in [2.05, 4.69) is 10.1 Å². The minimum absolute atomic E-state index is 0.116. The number of carboxylic acid groups (broad SMARTS) is 1. The van der Waals surface area contributed by atoms with Gasteiger partial charge in [-0.3, -0.25) is 4.79 Å². The van der Waals surface area contributed by atoms with E-state index in [-0.39, 0.29) is 13.2 Å². The summed E-state index contributed by atoms with van der Waals surface area (Å²) in [4.78, 5) is 21.3. The van der Waals surface area contributed by atoms with Gasteiger partial charge in [0, 0.05) is 6.54 Å². The number of aliphatic carboxylic acids is 1. The average Bonchev–Trinajstić information content (AvgIpc) is 2.05. The second-order valence-corrected chi connectivity index (χ2v) is 2.54. The van der Waals surface area contributed by atoms with Gasteiger partial charge in [-0.05, 0) is 13.3 Å². The van der Waals surface area contributed by atoms with Crippen molar-refractivity contribution in [1.82, 2.24) is 5.32 Å². The van der Waals surface area contributed by atoms with Crippen molar-refractivity contribution in [2.75, 3.05) is 13.2 Å². The van der Waals surface area contributed by atoms with E-state index in [9.17, 15) is 9.59 Å². The number of rotatable bonds is 5. The maximum Gasteiger partial charge on any atom is 0.407 e. The predicted molar refractivity (Wildman–Crippen MR) is 46.4 cm³/mol. The van der Waals surface area contributed by atoms with E-state index < -0.39 is 18.0 Å². The van der Waals surface area contributed by atoms with Gasteiger partial charge >= 0.3 is 12.1 Å². The Labute approximate surface area is 77.1 Å². The summed E-state index contributed by atoms with van der Waals surface area (Å²) < 4.78 is 4.57. The Kier molecular flexibility index (Phi) is 5.67. The molecule has 1 atom stereocenters. The monoisotopic (exact) mass is 189 g/mol. The molecular weight excluding hydrogens is 174 g/mol. The smallest absolute Gasteiger partial charge is 0.407 e. The van der Waals surface area contributed by atoms with E-state index in [1.807, 2.05) is 0 Å². The molecule has 0 saturated carbocycles. The van der Waals surface area contributed by atoms with Crippen LogP contribution in [0.15, 0.2) is 0 Å². The summed E-state index contributed by atoms with van der Waals surface area (Å²) in [5.41, 5.74) is 0. The molecule has 5 nitrogen and oxygen atoms in total. The molecule has 0 aliphatic rings. The molecule has 2 N–H and O–H groups in total. The van der Waals surface area contributed by atoms with Crippen molar-refractivity contribution in [3.63, 3.8) is 0 Å². The minimum atomic E-state index is -0.903. The van der Waals surface area contributed by atoms with Crippen LogP contribution in [0.3, 0.4) is 0 Å². The number of carbonyl (C=O) groups is 2. The summed E-state index contributed by atoms with van der Waals surface area (Å²) in [5, 5.41) is 11.0. The van der Waals surface area contributed by atoms with Crippen LogP contribution in [0, 0.1) is 5.92 Å². The van der Waals surface area contributed by atoms with E-state index in [0.29, 0.717) is 6.42 Å². The van der Waals surface area contributed by atoms with Gasteiger partial charge in [0.2, 0.25) is 0 Å². The molecule has 0 bridgehead atoms. The van der Waals surface area contributed by atoms with Crippen LogP contribution in [-0.2, 0) is 9.53 Å². The third kappa shape index (κ3) is 5.05. The fourth-order valence-corrected chi connectivity index (χ4v) is 0.795. The molecule has 76 valence electrons. The fourth-order valence-electron chi connectivity index (χ4n) is 0.795. The molecule has 0 aliphatic carbocycles. The van der Waals surface area contributed by atoms with Gasteiger partial charge in [-0.15, -0.1) is 0 Å². The molecule has 0 fully saturated rings. The summed E-state index contributed by atoms with van der Waals surface area (Å²) in [6.45, 7) is 3.85. The van der Waals surface area contributed by atoms with Gasteiger partial charge < -0.3 is 15.2 Å². The highest BCUT2D eigenvalue weighted by Crippen LogP contribution is 2.00. The largest absolute Gasteiger partial charge is 0.481 e. The van der Waals surface area contributed by atoms with Gasteiger partial charge in [0.25, 0.3) is 0 Å². The molecule has 0 aromatic rings. The lowest BCUT2D eigenvalue weighted by Gasteiger charge is -2.10. The van der Waals surface area contributed by atoms with Crippen molar-refractivity contribution in [3.05, 3.63) is 0 Å². The van der Waals surface area contributed by atoms with Crippen LogP contribution in [0.1, 0.15) is 20.3 Å². The van der Waals surface area contributed by atoms with Crippen molar-refractivity contribution in [3.8, 4) is 0 Å².